The number of nitrogens with two attached hydrogens (primary N) is 1. The lowest BCUT2D eigenvalue weighted by Gasteiger charge is -2.13. The molecule has 1 unspecified atom stereocenters. The molecule has 0 aliphatic heterocycles. The molecule has 2 aromatic carbocycles. The van der Waals surface area contributed by atoms with Gasteiger partial charge in [0.2, 0.25) is 5.91 Å². The number of aromatic nitrogens is 1. The van der Waals surface area contributed by atoms with E-state index in [1.807, 2.05) is 12.1 Å². The Morgan fingerprint density at radius 2 is 1.76 bits per heavy atom. The largest absolute Gasteiger partial charge is 0.493 e. The molecule has 0 saturated heterocycles. The third-order valence-electron chi connectivity index (χ3n) is 4.62. The lowest BCUT2D eigenvalue weighted by Crippen LogP contribution is -2.30. The number of esters is 1. The smallest absolute Gasteiger partial charge is 0.312 e. The number of methoxy groups -OCH3 is 2. The summed E-state index contributed by atoms with van der Waals surface area (Å²) < 4.78 is 15.8. The Balaban J connectivity index is 1.57. The van der Waals surface area contributed by atoms with E-state index in [0.29, 0.717) is 33.5 Å². The van der Waals surface area contributed by atoms with E-state index >= 15 is 0 Å². The van der Waals surface area contributed by atoms with Crippen molar-refractivity contribution in [3.8, 4) is 22.1 Å². The number of nitrogens with zero attached hydrogens (tertiary/aromatic N) is 1. The Morgan fingerprint density at radius 3 is 2.39 bits per heavy atom. The molecule has 172 valence electrons. The van der Waals surface area contributed by atoms with Crippen LogP contribution < -0.4 is 20.5 Å². The van der Waals surface area contributed by atoms with Crippen LogP contribution in [-0.4, -0.2) is 43.1 Å². The third-order valence-corrected chi connectivity index (χ3v) is 5.56. The minimum absolute atomic E-state index is 0.0747. The summed E-state index contributed by atoms with van der Waals surface area (Å²) in [5, 5.41) is 5.09. The first-order valence-electron chi connectivity index (χ1n) is 9.87. The van der Waals surface area contributed by atoms with Crippen LogP contribution in [0.4, 0.5) is 5.69 Å². The molecule has 0 saturated carbocycles. The molecular formula is C23H23N3O6S. The van der Waals surface area contributed by atoms with Gasteiger partial charge in [-0.3, -0.25) is 14.4 Å². The molecule has 33 heavy (non-hydrogen) atoms. The van der Waals surface area contributed by atoms with Crippen LogP contribution in [0.15, 0.2) is 47.8 Å². The van der Waals surface area contributed by atoms with Gasteiger partial charge < -0.3 is 25.3 Å². The van der Waals surface area contributed by atoms with Crippen LogP contribution in [0.25, 0.3) is 10.6 Å². The van der Waals surface area contributed by atoms with Crippen molar-refractivity contribution < 1.29 is 28.6 Å². The first kappa shape index (κ1) is 23.7. The minimum atomic E-state index is -1.02. The molecule has 1 atom stereocenters. The Bertz CT molecular complexity index is 1160. The molecule has 0 spiro atoms. The van der Waals surface area contributed by atoms with Gasteiger partial charge in [-0.05, 0) is 49.4 Å². The van der Waals surface area contributed by atoms with Gasteiger partial charge in [-0.2, -0.15) is 0 Å². The van der Waals surface area contributed by atoms with Crippen molar-refractivity contribution in [3.05, 3.63) is 59.1 Å². The maximum atomic E-state index is 12.3. The zero-order valence-electron chi connectivity index (χ0n) is 18.3. The van der Waals surface area contributed by atoms with E-state index in [2.05, 4.69) is 10.3 Å². The van der Waals surface area contributed by atoms with Gasteiger partial charge in [-0.25, -0.2) is 4.98 Å². The van der Waals surface area contributed by atoms with Gasteiger partial charge in [-0.15, -0.1) is 11.3 Å². The van der Waals surface area contributed by atoms with Crippen molar-refractivity contribution in [2.24, 2.45) is 5.73 Å². The van der Waals surface area contributed by atoms with Gasteiger partial charge in [0.15, 0.2) is 17.6 Å². The fourth-order valence-corrected chi connectivity index (χ4v) is 3.71. The van der Waals surface area contributed by atoms with E-state index in [-0.39, 0.29) is 6.42 Å². The zero-order chi connectivity index (χ0) is 24.0. The quantitative estimate of drug-likeness (QED) is 0.461. The summed E-state index contributed by atoms with van der Waals surface area (Å²) >= 11 is 1.38. The van der Waals surface area contributed by atoms with E-state index in [0.717, 1.165) is 5.56 Å². The summed E-state index contributed by atoms with van der Waals surface area (Å²) in [6.45, 7) is 1.47. The van der Waals surface area contributed by atoms with Gasteiger partial charge >= 0.3 is 5.97 Å². The Morgan fingerprint density at radius 1 is 1.06 bits per heavy atom. The summed E-state index contributed by atoms with van der Waals surface area (Å²) in [6.07, 6.45) is -1.09. The predicted octanol–water partition coefficient (Wildman–Crippen LogP) is 3.04. The molecule has 0 aliphatic carbocycles. The number of carbonyl (C=O) groups is 3. The minimum Gasteiger partial charge on any atom is -0.493 e. The van der Waals surface area contributed by atoms with Gasteiger partial charge in [0.25, 0.3) is 5.91 Å². The number of carbonyl (C=O) groups excluding carboxylic acids is 3. The highest BCUT2D eigenvalue weighted by molar-refractivity contribution is 7.13. The molecule has 9 nitrogen and oxygen atoms in total. The predicted molar refractivity (Wildman–Crippen MR) is 124 cm³/mol. The molecule has 10 heteroatoms. The summed E-state index contributed by atoms with van der Waals surface area (Å²) in [6, 6.07) is 11.5. The molecule has 3 aromatic rings. The average Bonchev–Trinajstić information content (AvgIpc) is 3.27. The number of thiazole rings is 1. The number of hydrogen-bond acceptors (Lipinski definition) is 8. The monoisotopic (exact) mass is 469 g/mol. The van der Waals surface area contributed by atoms with E-state index in [1.165, 1.54) is 42.5 Å². The van der Waals surface area contributed by atoms with Crippen LogP contribution in [0.3, 0.4) is 0 Å². The second-order valence-electron chi connectivity index (χ2n) is 6.95. The van der Waals surface area contributed by atoms with Gasteiger partial charge in [0.05, 0.1) is 26.3 Å². The van der Waals surface area contributed by atoms with Crippen LogP contribution in [0.5, 0.6) is 11.5 Å². The number of anilines is 1. The molecule has 1 heterocycles. The second-order valence-corrected chi connectivity index (χ2v) is 7.81. The first-order chi connectivity index (χ1) is 15.8. The van der Waals surface area contributed by atoms with Gasteiger partial charge in [0, 0.05) is 22.2 Å². The molecule has 0 aliphatic rings. The molecule has 3 rings (SSSR count). The zero-order valence-corrected chi connectivity index (χ0v) is 19.1. The van der Waals surface area contributed by atoms with Gasteiger partial charge in [0.1, 0.15) is 5.01 Å². The molecule has 1 aromatic heterocycles. The highest BCUT2D eigenvalue weighted by Crippen LogP contribution is 2.33. The van der Waals surface area contributed by atoms with Crippen LogP contribution in [0.2, 0.25) is 0 Å². The second kappa shape index (κ2) is 10.6. The van der Waals surface area contributed by atoms with E-state index in [9.17, 15) is 14.4 Å². The van der Waals surface area contributed by atoms with Crippen molar-refractivity contribution in [1.82, 2.24) is 4.98 Å². The van der Waals surface area contributed by atoms with E-state index in [1.54, 1.807) is 25.7 Å². The standard InChI is InChI=1S/C23H23N3O6S/c1-13(22(29)25-16-7-4-14(5-8-16)21(24)28)32-20(27)11-17-12-33-23(26-17)15-6-9-18(30-2)19(10-15)31-3/h4-10,12-13H,11H2,1-3H3,(H2,24,28)(H,25,29). The summed E-state index contributed by atoms with van der Waals surface area (Å²) in [7, 11) is 3.11. The summed E-state index contributed by atoms with van der Waals surface area (Å²) in [4.78, 5) is 40.2. The van der Waals surface area contributed by atoms with Crippen molar-refractivity contribution in [1.29, 1.82) is 0 Å². The van der Waals surface area contributed by atoms with Crippen LogP contribution >= 0.6 is 11.3 Å². The number of primary amides is 1. The lowest BCUT2D eigenvalue weighted by atomic mass is 10.2. The molecule has 0 bridgehead atoms. The first-order valence-corrected chi connectivity index (χ1v) is 10.8. The maximum absolute atomic E-state index is 12.3. The third kappa shape index (κ3) is 6.07. The van der Waals surface area contributed by atoms with Crippen molar-refractivity contribution >= 4 is 34.8 Å². The molecule has 2 amide bonds. The van der Waals surface area contributed by atoms with Crippen molar-refractivity contribution in [2.75, 3.05) is 19.5 Å². The van der Waals surface area contributed by atoms with Crippen LogP contribution in [-0.2, 0) is 20.7 Å². The highest BCUT2D eigenvalue weighted by atomic mass is 32.1. The number of rotatable bonds is 9. The molecular weight excluding hydrogens is 446 g/mol. The molecule has 0 fully saturated rings. The topological polar surface area (TPSA) is 130 Å². The Labute approximate surface area is 194 Å². The number of amides is 2. The van der Waals surface area contributed by atoms with Crippen molar-refractivity contribution in [3.63, 3.8) is 0 Å². The van der Waals surface area contributed by atoms with Crippen LogP contribution in [0, 0.1) is 0 Å². The molecule has 3 N–H and O–H groups in total. The molecule has 0 radical (unpaired) electrons. The van der Waals surface area contributed by atoms with Crippen molar-refractivity contribution in [2.45, 2.75) is 19.4 Å². The number of hydrogen-bond donors (Lipinski definition) is 2. The van der Waals surface area contributed by atoms with E-state index in [4.69, 9.17) is 19.9 Å². The lowest BCUT2D eigenvalue weighted by molar-refractivity contribution is -0.152. The van der Waals surface area contributed by atoms with Crippen LogP contribution in [0.1, 0.15) is 23.0 Å². The normalized spacial score (nSPS) is 11.4. The summed E-state index contributed by atoms with van der Waals surface area (Å²) in [5.41, 5.74) is 7.32. The Hall–Kier alpha value is -3.92. The number of benzene rings is 2. The van der Waals surface area contributed by atoms with E-state index < -0.39 is 23.9 Å². The number of nitrogens with one attached hydrogen (secondary N) is 1. The average molecular weight is 470 g/mol. The fraction of sp³-hybridized carbons (Fsp3) is 0.217. The number of ether oxygens (including phenoxy) is 3. The maximum Gasteiger partial charge on any atom is 0.312 e. The summed E-state index contributed by atoms with van der Waals surface area (Å²) in [5.74, 6) is -0.454. The Kier molecular flexibility index (Phi) is 7.62. The fourth-order valence-electron chi connectivity index (χ4n) is 2.89. The van der Waals surface area contributed by atoms with Gasteiger partial charge in [-0.1, -0.05) is 0 Å². The highest BCUT2D eigenvalue weighted by Gasteiger charge is 2.19. The SMILES string of the molecule is COc1ccc(-c2nc(CC(=O)OC(C)C(=O)Nc3ccc(C(N)=O)cc3)cs2)cc1OC.